The predicted molar refractivity (Wildman–Crippen MR) is 2.13 cm³/mol. The Labute approximate surface area is 57.0 Å². The third kappa shape index (κ3) is 9.71. The van der Waals surface area contributed by atoms with Gasteiger partial charge in [-0.3, -0.25) is 0 Å². The fraction of sp³-hybridized carbons (Fsp3) is 0. The third-order valence-corrected chi connectivity index (χ3v) is 0. The van der Waals surface area contributed by atoms with Crippen molar-refractivity contribution >= 4 is 0 Å². The van der Waals surface area contributed by atoms with Gasteiger partial charge < -0.3 is 0 Å². The van der Waals surface area contributed by atoms with E-state index in [9.17, 15) is 0 Å². The van der Waals surface area contributed by atoms with Crippen LogP contribution in [0, 0.1) is 0 Å². The van der Waals surface area contributed by atoms with Gasteiger partial charge in [0.15, 0.2) is 0 Å². The summed E-state index contributed by atoms with van der Waals surface area (Å²) in [5.41, 5.74) is 0. The summed E-state index contributed by atoms with van der Waals surface area (Å²) in [5.74, 6) is 0. The van der Waals surface area contributed by atoms with Crippen molar-refractivity contribution in [1.29, 1.82) is 0 Å². The summed E-state index contributed by atoms with van der Waals surface area (Å²) in [7, 11) is 0. The minimum Gasteiger partial charge on any atom is 0 e. The quantitative estimate of drug-likeness (QED) is 0.451. The van der Waals surface area contributed by atoms with Gasteiger partial charge in [0, 0.05) is 57.1 Å². The Hall–Kier alpha value is 1.51. The van der Waals surface area contributed by atoms with Crippen molar-refractivity contribution in [2.75, 3.05) is 0 Å². The van der Waals surface area contributed by atoms with Crippen molar-refractivity contribution in [1.82, 2.24) is 6.15 Å². The summed E-state index contributed by atoms with van der Waals surface area (Å²) in [6.45, 7) is 0. The maximum atomic E-state index is 0. The van der Waals surface area contributed by atoms with Gasteiger partial charge in [-0.1, -0.05) is 0 Å². The van der Waals surface area contributed by atoms with Crippen LogP contribution in [0.2, 0.25) is 0 Å². The van der Waals surface area contributed by atoms with E-state index in [2.05, 4.69) is 0 Å². The van der Waals surface area contributed by atoms with Crippen molar-refractivity contribution in [2.45, 2.75) is 0 Å². The first-order chi connectivity index (χ1) is 0. The molecule has 4 heavy (non-hydrogen) atoms. The molecule has 0 spiro atoms. The Morgan fingerprint density at radius 1 is 1.00 bits per heavy atom. The molecule has 0 unspecified atom stereocenters. The summed E-state index contributed by atoms with van der Waals surface area (Å²) in [6.07, 6.45) is 0. The zero-order valence-electron chi connectivity index (χ0n) is 1.53. The van der Waals surface area contributed by atoms with Crippen LogP contribution in [0.25, 0.3) is 0 Å². The van der Waals surface area contributed by atoms with Crippen molar-refractivity contribution in [3.63, 3.8) is 0 Å². The van der Waals surface area contributed by atoms with Gasteiger partial charge in [-0.15, -0.1) is 0 Å². The monoisotopic (exact) mass is 180 g/mol. The fourth-order valence-corrected chi connectivity index (χ4v) is 0. The molecule has 0 bridgehead atoms. The van der Waals surface area contributed by atoms with Gasteiger partial charge >= 0.3 is 0 Å². The Kier molecular flexibility index (Phi) is 301. The molecule has 0 saturated carbocycles. The van der Waals surface area contributed by atoms with E-state index in [1.165, 1.54) is 0 Å². The molecule has 29 valence electrons. The summed E-state index contributed by atoms with van der Waals surface area (Å²) >= 11 is 0. The van der Waals surface area contributed by atoms with Gasteiger partial charge in [-0.25, -0.2) is 0 Å². The first-order valence-electron chi connectivity index (χ1n) is 0. The zero-order valence-corrected chi connectivity index (χ0v) is 4.89. The van der Waals surface area contributed by atoms with E-state index in [1.54, 1.807) is 0 Å². The van der Waals surface area contributed by atoms with E-state index in [-0.39, 0.29) is 57.1 Å². The standard InChI is InChI=1S/Cr.Fe.N.Ni. The second-order valence-corrected chi connectivity index (χ2v) is 0. The van der Waals surface area contributed by atoms with Crippen molar-refractivity contribution in [3.8, 4) is 0 Å². The summed E-state index contributed by atoms with van der Waals surface area (Å²) in [4.78, 5) is 0. The summed E-state index contributed by atoms with van der Waals surface area (Å²) in [5, 5.41) is 0. The molecule has 0 saturated heterocycles. The predicted octanol–water partition coefficient (Wildman–Crippen LogP) is -0.488. The van der Waals surface area contributed by atoms with Crippen LogP contribution < -0.4 is 6.15 Å². The van der Waals surface area contributed by atoms with E-state index in [0.29, 0.717) is 0 Å². The third-order valence-electron chi connectivity index (χ3n) is 0. The maximum absolute atomic E-state index is 0. The molecule has 0 aliphatic carbocycles. The van der Waals surface area contributed by atoms with Crippen LogP contribution in [0.4, 0.5) is 0 Å². The molecule has 0 fully saturated rings. The number of rotatable bonds is 0. The Bertz CT molecular complexity index is 8.00. The average Bonchev–Trinajstić information content (AvgIpc) is 0. The van der Waals surface area contributed by atoms with Crippen LogP contribution in [0.15, 0.2) is 0 Å². The minimum absolute atomic E-state index is 0. The molecule has 0 aliphatic heterocycles. The second-order valence-electron chi connectivity index (χ2n) is 0. The van der Waals surface area contributed by atoms with E-state index in [0.717, 1.165) is 0 Å². The number of hydrogen-bond donors (Lipinski definition) is 0. The first-order valence-corrected chi connectivity index (χ1v) is 0. The molecule has 0 aromatic heterocycles. The number of nitrogens with zero attached hydrogens (tertiary/aromatic N) is 1. The molecule has 4 heteroatoms. The smallest absolute Gasteiger partial charge is 0 e. The van der Waals surface area contributed by atoms with Gasteiger partial charge in [-0.05, 0) is 0 Å². The second kappa shape index (κ2) is 24.4. The largest absolute Gasteiger partial charge is 0 e. The van der Waals surface area contributed by atoms with Crippen LogP contribution in [0.5, 0.6) is 0 Å². The normalized spacial score (nSPS) is 0. The van der Waals surface area contributed by atoms with Crippen LogP contribution in [0.3, 0.4) is 0 Å². The molecule has 0 amide bonds. The van der Waals surface area contributed by atoms with Crippen molar-refractivity contribution < 1.29 is 50.9 Å². The molecule has 0 N–H and O–H groups in total. The molecular formula is CrFeNNi. The van der Waals surface area contributed by atoms with Crippen molar-refractivity contribution in [3.05, 3.63) is 0 Å². The average molecular weight is 181 g/mol. The molecule has 1 nitrogen and oxygen atoms in total. The van der Waals surface area contributed by atoms with E-state index < -0.39 is 0 Å². The van der Waals surface area contributed by atoms with Crippen LogP contribution in [-0.2, 0) is 50.9 Å². The fourth-order valence-electron chi connectivity index (χ4n) is 0. The molecule has 3 radical (unpaired) electrons. The Balaban J connectivity index is 0. The molecule has 0 aromatic rings. The molecule has 0 atom stereocenters. The summed E-state index contributed by atoms with van der Waals surface area (Å²) in [6, 6.07) is 0. The Morgan fingerprint density at radius 3 is 1.00 bits per heavy atom. The SMILES string of the molecule is [Cr].[Fe].[N].[Ni]. The molecule has 0 aromatic carbocycles. The molecule has 0 heterocycles. The maximum Gasteiger partial charge on any atom is 0 e. The molecule has 0 rings (SSSR count). The van der Waals surface area contributed by atoms with Gasteiger partial charge in [0.05, 0.1) is 0 Å². The van der Waals surface area contributed by atoms with Gasteiger partial charge in [-0.2, -0.15) is 0 Å². The van der Waals surface area contributed by atoms with Gasteiger partial charge in [0.2, 0.25) is 0 Å². The van der Waals surface area contributed by atoms with Gasteiger partial charge in [0.25, 0.3) is 0 Å². The van der Waals surface area contributed by atoms with E-state index in [4.69, 9.17) is 0 Å². The topological polar surface area (TPSA) is 30.5 Å². The van der Waals surface area contributed by atoms with Crippen molar-refractivity contribution in [2.24, 2.45) is 0 Å². The van der Waals surface area contributed by atoms with Crippen LogP contribution in [0.1, 0.15) is 0 Å². The van der Waals surface area contributed by atoms with Gasteiger partial charge in [0.1, 0.15) is 0 Å². The van der Waals surface area contributed by atoms with Crippen LogP contribution in [-0.4, -0.2) is 0 Å². The summed E-state index contributed by atoms with van der Waals surface area (Å²) < 4.78 is 0. The molecular weight excluding hydrogens is 181 g/mol. The Morgan fingerprint density at radius 2 is 1.00 bits per heavy atom. The van der Waals surface area contributed by atoms with E-state index in [1.807, 2.05) is 0 Å². The minimum atomic E-state index is 0. The molecule has 0 aliphatic rings. The zero-order chi connectivity index (χ0) is 0. The van der Waals surface area contributed by atoms with Crippen LogP contribution >= 0.6 is 0 Å². The number of hydrogen-bond acceptors (Lipinski definition) is 0. The first kappa shape index (κ1) is 49.3. The van der Waals surface area contributed by atoms with E-state index >= 15 is 0 Å².